The maximum atomic E-state index is 12.4. The topological polar surface area (TPSA) is 29.5 Å². The highest BCUT2D eigenvalue weighted by Crippen LogP contribution is 2.23. The minimum Gasteiger partial charge on any atom is -0.391 e. The smallest absolute Gasteiger partial charge is 0.330 e. The number of halogens is 4. The van der Waals surface area contributed by atoms with E-state index in [1.54, 1.807) is 0 Å². The Kier molecular flexibility index (Phi) is 7.70. The molecule has 1 unspecified atom stereocenters. The standard InChI is InChI=1S/C11H20F4O2/c1-8(2)4-3-5-9(16)6-17-7-11(14,15)10(12)13/h8-10,16H,3-7H2,1-2H3. The van der Waals surface area contributed by atoms with E-state index >= 15 is 0 Å². The molecule has 0 aliphatic rings. The van der Waals surface area contributed by atoms with E-state index in [0.29, 0.717) is 12.3 Å². The summed E-state index contributed by atoms with van der Waals surface area (Å²) in [6.45, 7) is 2.38. The van der Waals surface area contributed by atoms with E-state index in [0.717, 1.165) is 12.8 Å². The van der Waals surface area contributed by atoms with Crippen LogP contribution in [0.5, 0.6) is 0 Å². The molecule has 104 valence electrons. The number of rotatable bonds is 9. The Hall–Kier alpha value is -0.360. The van der Waals surface area contributed by atoms with Crippen molar-refractivity contribution in [1.82, 2.24) is 0 Å². The van der Waals surface area contributed by atoms with Gasteiger partial charge in [0.2, 0.25) is 0 Å². The van der Waals surface area contributed by atoms with Gasteiger partial charge in [0.05, 0.1) is 12.7 Å². The van der Waals surface area contributed by atoms with Gasteiger partial charge < -0.3 is 9.84 Å². The third-order valence-corrected chi connectivity index (χ3v) is 2.24. The van der Waals surface area contributed by atoms with E-state index < -0.39 is 25.1 Å². The van der Waals surface area contributed by atoms with Crippen molar-refractivity contribution in [3.05, 3.63) is 0 Å². The molecule has 0 bridgehead atoms. The molecule has 0 amide bonds. The SMILES string of the molecule is CC(C)CCCC(O)COCC(F)(F)C(F)F. The van der Waals surface area contributed by atoms with Gasteiger partial charge in [-0.15, -0.1) is 0 Å². The maximum absolute atomic E-state index is 12.4. The van der Waals surface area contributed by atoms with Gasteiger partial charge in [-0.3, -0.25) is 0 Å². The van der Waals surface area contributed by atoms with Crippen LogP contribution in [0.25, 0.3) is 0 Å². The van der Waals surface area contributed by atoms with Gasteiger partial charge in [-0.1, -0.05) is 26.7 Å². The summed E-state index contributed by atoms with van der Waals surface area (Å²) in [5.74, 6) is -3.64. The first-order chi connectivity index (χ1) is 7.75. The molecule has 0 aromatic carbocycles. The van der Waals surface area contributed by atoms with Crippen LogP contribution in [0.15, 0.2) is 0 Å². The molecule has 6 heteroatoms. The fraction of sp³-hybridized carbons (Fsp3) is 1.00. The predicted octanol–water partition coefficient (Wildman–Crippen LogP) is 3.09. The van der Waals surface area contributed by atoms with Crippen molar-refractivity contribution in [1.29, 1.82) is 0 Å². The van der Waals surface area contributed by atoms with Crippen LogP contribution in [0.2, 0.25) is 0 Å². The number of aliphatic hydroxyl groups is 1. The highest BCUT2D eigenvalue weighted by molar-refractivity contribution is 4.68. The molecular formula is C11H20F4O2. The van der Waals surface area contributed by atoms with Crippen LogP contribution in [0.3, 0.4) is 0 Å². The Morgan fingerprint density at radius 1 is 1.18 bits per heavy atom. The largest absolute Gasteiger partial charge is 0.391 e. The van der Waals surface area contributed by atoms with E-state index in [9.17, 15) is 22.7 Å². The van der Waals surface area contributed by atoms with Crippen LogP contribution in [-0.4, -0.2) is 36.8 Å². The number of aliphatic hydroxyl groups excluding tert-OH is 1. The van der Waals surface area contributed by atoms with Crippen LogP contribution in [-0.2, 0) is 4.74 Å². The summed E-state index contributed by atoms with van der Waals surface area (Å²) >= 11 is 0. The summed E-state index contributed by atoms with van der Waals surface area (Å²) in [4.78, 5) is 0. The average Bonchev–Trinajstić information content (AvgIpc) is 2.16. The van der Waals surface area contributed by atoms with Crippen LogP contribution in [0, 0.1) is 5.92 Å². The van der Waals surface area contributed by atoms with Crippen molar-refractivity contribution < 1.29 is 27.4 Å². The van der Waals surface area contributed by atoms with Crippen molar-refractivity contribution in [3.8, 4) is 0 Å². The van der Waals surface area contributed by atoms with Gasteiger partial charge in [0.15, 0.2) is 0 Å². The highest BCUT2D eigenvalue weighted by Gasteiger charge is 2.41. The third-order valence-electron chi connectivity index (χ3n) is 2.24. The van der Waals surface area contributed by atoms with E-state index in [4.69, 9.17) is 0 Å². The number of alkyl halides is 4. The fourth-order valence-electron chi connectivity index (χ4n) is 1.24. The Balaban J connectivity index is 3.61. The zero-order valence-electron chi connectivity index (χ0n) is 10.1. The van der Waals surface area contributed by atoms with Crippen molar-refractivity contribution in [2.45, 2.75) is 51.6 Å². The molecule has 17 heavy (non-hydrogen) atoms. The van der Waals surface area contributed by atoms with Gasteiger partial charge in [-0.2, -0.15) is 8.78 Å². The molecule has 0 radical (unpaired) electrons. The monoisotopic (exact) mass is 260 g/mol. The van der Waals surface area contributed by atoms with Crippen molar-refractivity contribution in [2.75, 3.05) is 13.2 Å². The molecule has 0 spiro atoms. The Bertz CT molecular complexity index is 198. The lowest BCUT2D eigenvalue weighted by atomic mass is 10.0. The molecule has 0 aromatic rings. The van der Waals surface area contributed by atoms with Crippen molar-refractivity contribution in [2.24, 2.45) is 5.92 Å². The molecule has 2 nitrogen and oxygen atoms in total. The summed E-state index contributed by atoms with van der Waals surface area (Å²) in [5.41, 5.74) is 0. The van der Waals surface area contributed by atoms with Crippen molar-refractivity contribution in [3.63, 3.8) is 0 Å². The molecule has 0 saturated heterocycles. The van der Waals surface area contributed by atoms with Crippen molar-refractivity contribution >= 4 is 0 Å². The van der Waals surface area contributed by atoms with Gasteiger partial charge in [0, 0.05) is 0 Å². The minimum atomic E-state index is -4.14. The Morgan fingerprint density at radius 2 is 1.76 bits per heavy atom. The van der Waals surface area contributed by atoms with Crippen LogP contribution >= 0.6 is 0 Å². The normalized spacial score (nSPS) is 14.6. The fourth-order valence-corrected chi connectivity index (χ4v) is 1.24. The first-order valence-corrected chi connectivity index (χ1v) is 5.67. The summed E-state index contributed by atoms with van der Waals surface area (Å²) < 4.78 is 52.7. The lowest BCUT2D eigenvalue weighted by Crippen LogP contribution is -2.33. The number of ether oxygens (including phenoxy) is 1. The lowest BCUT2D eigenvalue weighted by molar-refractivity contribution is -0.170. The van der Waals surface area contributed by atoms with Crippen LogP contribution in [0.1, 0.15) is 33.1 Å². The molecule has 0 fully saturated rings. The lowest BCUT2D eigenvalue weighted by Gasteiger charge is -2.17. The third kappa shape index (κ3) is 8.37. The first kappa shape index (κ1) is 16.6. The zero-order chi connectivity index (χ0) is 13.5. The van der Waals surface area contributed by atoms with Gasteiger partial charge in [-0.25, -0.2) is 8.78 Å². The van der Waals surface area contributed by atoms with Crippen LogP contribution in [0.4, 0.5) is 17.6 Å². The van der Waals surface area contributed by atoms with Gasteiger partial charge >= 0.3 is 12.3 Å². The quantitative estimate of drug-likeness (QED) is 0.645. The maximum Gasteiger partial charge on any atom is 0.330 e. The van der Waals surface area contributed by atoms with Gasteiger partial charge in [0.1, 0.15) is 6.61 Å². The zero-order valence-corrected chi connectivity index (χ0v) is 10.1. The summed E-state index contributed by atoms with van der Waals surface area (Å²) in [7, 11) is 0. The van der Waals surface area contributed by atoms with E-state index in [1.165, 1.54) is 0 Å². The second kappa shape index (κ2) is 7.87. The molecule has 1 atom stereocenters. The number of hydrogen-bond donors (Lipinski definition) is 1. The summed E-state index contributed by atoms with van der Waals surface area (Å²) in [5, 5.41) is 9.34. The van der Waals surface area contributed by atoms with E-state index in [2.05, 4.69) is 4.74 Å². The molecule has 1 N–H and O–H groups in total. The number of hydrogen-bond acceptors (Lipinski definition) is 2. The Labute approximate surface area is 99.0 Å². The second-order valence-corrected chi connectivity index (χ2v) is 4.56. The molecule has 0 saturated carbocycles. The second-order valence-electron chi connectivity index (χ2n) is 4.56. The molecule has 0 aliphatic carbocycles. The molecular weight excluding hydrogens is 240 g/mol. The van der Waals surface area contributed by atoms with Gasteiger partial charge in [0.25, 0.3) is 0 Å². The van der Waals surface area contributed by atoms with Crippen LogP contribution < -0.4 is 0 Å². The predicted molar refractivity (Wildman–Crippen MR) is 56.5 cm³/mol. The minimum absolute atomic E-state index is 0.333. The highest BCUT2D eigenvalue weighted by atomic mass is 19.3. The summed E-state index contributed by atoms with van der Waals surface area (Å²) in [6.07, 6.45) is -2.50. The molecule has 0 aliphatic heterocycles. The molecule has 0 rings (SSSR count). The molecule has 0 heterocycles. The average molecular weight is 260 g/mol. The first-order valence-electron chi connectivity index (χ1n) is 5.67. The summed E-state index contributed by atoms with van der Waals surface area (Å²) in [6, 6.07) is 0. The molecule has 0 aromatic heterocycles. The van der Waals surface area contributed by atoms with E-state index in [-0.39, 0.29) is 6.61 Å². The van der Waals surface area contributed by atoms with E-state index in [1.807, 2.05) is 13.8 Å². The van der Waals surface area contributed by atoms with Gasteiger partial charge in [-0.05, 0) is 12.3 Å². The Morgan fingerprint density at radius 3 is 2.24 bits per heavy atom.